The van der Waals surface area contributed by atoms with E-state index in [2.05, 4.69) is 5.32 Å². The van der Waals surface area contributed by atoms with Crippen LogP contribution in [-0.2, 0) is 14.8 Å². The number of hydrogen-bond acceptors (Lipinski definition) is 3. The van der Waals surface area contributed by atoms with Crippen molar-refractivity contribution in [2.75, 3.05) is 10.8 Å². The molecule has 0 heterocycles. The van der Waals surface area contributed by atoms with Crippen LogP contribution in [0.5, 0.6) is 0 Å². The minimum absolute atomic E-state index is 0.107. The van der Waals surface area contributed by atoms with Gasteiger partial charge in [-0.2, -0.15) is 0 Å². The molecule has 7 heteroatoms. The molecule has 1 atom stereocenters. The van der Waals surface area contributed by atoms with Gasteiger partial charge in [-0.05, 0) is 67.8 Å². The third-order valence-electron chi connectivity index (χ3n) is 5.21. The lowest BCUT2D eigenvalue weighted by Gasteiger charge is -2.27. The van der Waals surface area contributed by atoms with Crippen molar-refractivity contribution in [3.63, 3.8) is 0 Å². The number of nitrogens with zero attached hydrogens (tertiary/aromatic N) is 1. The molecular weight excluding hydrogens is 415 g/mol. The van der Waals surface area contributed by atoms with Crippen LogP contribution in [-0.4, -0.2) is 20.9 Å². The summed E-state index contributed by atoms with van der Waals surface area (Å²) >= 11 is 0. The first-order valence-corrected chi connectivity index (χ1v) is 11.3. The molecule has 0 fully saturated rings. The molecule has 0 unspecified atom stereocenters. The van der Waals surface area contributed by atoms with Gasteiger partial charge in [-0.15, -0.1) is 0 Å². The van der Waals surface area contributed by atoms with E-state index in [4.69, 9.17) is 0 Å². The maximum absolute atomic E-state index is 13.4. The van der Waals surface area contributed by atoms with Gasteiger partial charge in [0, 0.05) is 0 Å². The van der Waals surface area contributed by atoms with Gasteiger partial charge in [0.2, 0.25) is 5.91 Å². The van der Waals surface area contributed by atoms with Crippen molar-refractivity contribution >= 4 is 21.6 Å². The summed E-state index contributed by atoms with van der Waals surface area (Å²) in [5.41, 5.74) is 2.87. The van der Waals surface area contributed by atoms with Crippen LogP contribution in [0.25, 0.3) is 0 Å². The standard InChI is InChI=1S/C24H25FN2O3S/c1-17-8-7-11-23(18(17)2)27(31(29,30)22-9-5-4-6-10-22)16-24(28)26-19(3)20-12-14-21(25)15-13-20/h4-15,19H,16H2,1-3H3,(H,26,28)/t19-/m1/s1. The molecule has 3 aromatic rings. The zero-order chi connectivity index (χ0) is 22.6. The van der Waals surface area contributed by atoms with E-state index in [-0.39, 0.29) is 17.3 Å². The van der Waals surface area contributed by atoms with Gasteiger partial charge in [-0.25, -0.2) is 12.8 Å². The molecule has 3 rings (SSSR count). The van der Waals surface area contributed by atoms with Crippen molar-refractivity contribution in [2.45, 2.75) is 31.7 Å². The van der Waals surface area contributed by atoms with Crippen LogP contribution in [0.3, 0.4) is 0 Å². The molecule has 1 N–H and O–H groups in total. The summed E-state index contributed by atoms with van der Waals surface area (Å²) < 4.78 is 41.2. The molecule has 0 saturated carbocycles. The largest absolute Gasteiger partial charge is 0.348 e. The minimum Gasteiger partial charge on any atom is -0.348 e. The second-order valence-electron chi connectivity index (χ2n) is 7.38. The van der Waals surface area contributed by atoms with Gasteiger partial charge in [0.25, 0.3) is 10.0 Å². The summed E-state index contributed by atoms with van der Waals surface area (Å²) in [6.45, 7) is 5.10. The SMILES string of the molecule is Cc1cccc(N(CC(=O)N[C@H](C)c2ccc(F)cc2)S(=O)(=O)c2ccccc2)c1C. The second-order valence-corrected chi connectivity index (χ2v) is 9.25. The lowest BCUT2D eigenvalue weighted by Crippen LogP contribution is -2.42. The van der Waals surface area contributed by atoms with E-state index in [1.807, 2.05) is 19.9 Å². The monoisotopic (exact) mass is 440 g/mol. The number of nitrogens with one attached hydrogen (secondary N) is 1. The molecule has 0 bridgehead atoms. The van der Waals surface area contributed by atoms with Gasteiger partial charge in [0.05, 0.1) is 16.6 Å². The molecule has 162 valence electrons. The molecule has 0 spiro atoms. The lowest BCUT2D eigenvalue weighted by atomic mass is 10.1. The van der Waals surface area contributed by atoms with E-state index in [0.29, 0.717) is 5.69 Å². The highest BCUT2D eigenvalue weighted by Crippen LogP contribution is 2.28. The van der Waals surface area contributed by atoms with Crippen molar-refractivity contribution in [1.29, 1.82) is 0 Å². The molecule has 0 aromatic heterocycles. The predicted octanol–water partition coefficient (Wildman–Crippen LogP) is 4.52. The Morgan fingerprint density at radius 3 is 2.26 bits per heavy atom. The average molecular weight is 441 g/mol. The third kappa shape index (κ3) is 5.11. The number of anilines is 1. The van der Waals surface area contributed by atoms with Gasteiger partial charge >= 0.3 is 0 Å². The van der Waals surface area contributed by atoms with Gasteiger partial charge in [0.15, 0.2) is 0 Å². The van der Waals surface area contributed by atoms with E-state index in [1.165, 1.54) is 24.3 Å². The summed E-state index contributed by atoms with van der Waals surface area (Å²) in [7, 11) is -3.97. The Hall–Kier alpha value is -3.19. The topological polar surface area (TPSA) is 66.5 Å². The van der Waals surface area contributed by atoms with Crippen molar-refractivity contribution < 1.29 is 17.6 Å². The van der Waals surface area contributed by atoms with Gasteiger partial charge in [0.1, 0.15) is 12.4 Å². The number of halogens is 1. The molecular formula is C24H25FN2O3S. The summed E-state index contributed by atoms with van der Waals surface area (Å²) in [5.74, 6) is -0.824. The van der Waals surface area contributed by atoms with Crippen molar-refractivity contribution in [2.24, 2.45) is 0 Å². The number of rotatable bonds is 7. The van der Waals surface area contributed by atoms with Crippen LogP contribution < -0.4 is 9.62 Å². The number of carbonyl (C=O) groups is 1. The number of benzene rings is 3. The van der Waals surface area contributed by atoms with Crippen molar-refractivity contribution in [3.05, 3.63) is 95.3 Å². The smallest absolute Gasteiger partial charge is 0.264 e. The van der Waals surface area contributed by atoms with Gasteiger partial charge < -0.3 is 5.32 Å². The van der Waals surface area contributed by atoms with Crippen LogP contribution in [0.1, 0.15) is 29.7 Å². The first kappa shape index (κ1) is 22.5. The number of aryl methyl sites for hydroxylation is 1. The fourth-order valence-corrected chi connectivity index (χ4v) is 4.78. The van der Waals surface area contributed by atoms with Crippen LogP contribution >= 0.6 is 0 Å². The summed E-state index contributed by atoms with van der Waals surface area (Å²) in [4.78, 5) is 13.0. The van der Waals surface area contributed by atoms with Crippen LogP contribution in [0, 0.1) is 19.7 Å². The summed E-state index contributed by atoms with van der Waals surface area (Å²) in [5, 5.41) is 2.81. The Labute approximate surface area is 182 Å². The third-order valence-corrected chi connectivity index (χ3v) is 6.98. The lowest BCUT2D eigenvalue weighted by molar-refractivity contribution is -0.120. The quantitative estimate of drug-likeness (QED) is 0.588. The number of sulfonamides is 1. The van der Waals surface area contributed by atoms with E-state index in [1.54, 1.807) is 49.4 Å². The average Bonchev–Trinajstić information content (AvgIpc) is 2.75. The van der Waals surface area contributed by atoms with E-state index >= 15 is 0 Å². The Bertz CT molecular complexity index is 1160. The Kier molecular flexibility index (Phi) is 6.75. The molecule has 0 aliphatic heterocycles. The van der Waals surface area contributed by atoms with E-state index < -0.39 is 22.0 Å². The van der Waals surface area contributed by atoms with Gasteiger partial charge in [-0.3, -0.25) is 9.10 Å². The fraction of sp³-hybridized carbons (Fsp3) is 0.208. The fourth-order valence-electron chi connectivity index (χ4n) is 3.28. The Morgan fingerprint density at radius 2 is 1.61 bits per heavy atom. The molecule has 31 heavy (non-hydrogen) atoms. The minimum atomic E-state index is -3.97. The highest BCUT2D eigenvalue weighted by atomic mass is 32.2. The van der Waals surface area contributed by atoms with E-state index in [9.17, 15) is 17.6 Å². The Morgan fingerprint density at radius 1 is 0.968 bits per heavy atom. The maximum Gasteiger partial charge on any atom is 0.264 e. The zero-order valence-electron chi connectivity index (χ0n) is 17.7. The van der Waals surface area contributed by atoms with Crippen molar-refractivity contribution in [1.82, 2.24) is 5.32 Å². The Balaban J connectivity index is 1.92. The highest BCUT2D eigenvalue weighted by Gasteiger charge is 2.28. The molecule has 5 nitrogen and oxygen atoms in total. The molecule has 0 radical (unpaired) electrons. The van der Waals surface area contributed by atoms with Gasteiger partial charge in [-0.1, -0.05) is 42.5 Å². The zero-order valence-corrected chi connectivity index (χ0v) is 18.5. The van der Waals surface area contributed by atoms with Crippen LogP contribution in [0.4, 0.5) is 10.1 Å². The summed E-state index contributed by atoms with van der Waals surface area (Å²) in [6.07, 6.45) is 0. The molecule has 3 aromatic carbocycles. The molecule has 0 aliphatic carbocycles. The summed E-state index contributed by atoms with van der Waals surface area (Å²) in [6, 6.07) is 18.8. The van der Waals surface area contributed by atoms with Crippen LogP contribution in [0.15, 0.2) is 77.7 Å². The number of carbonyl (C=O) groups excluding carboxylic acids is 1. The highest BCUT2D eigenvalue weighted by molar-refractivity contribution is 7.92. The maximum atomic E-state index is 13.4. The number of hydrogen-bond donors (Lipinski definition) is 1. The first-order valence-electron chi connectivity index (χ1n) is 9.89. The van der Waals surface area contributed by atoms with Crippen LogP contribution in [0.2, 0.25) is 0 Å². The van der Waals surface area contributed by atoms with E-state index in [0.717, 1.165) is 21.0 Å². The molecule has 0 aliphatic rings. The second kappa shape index (κ2) is 9.31. The first-order chi connectivity index (χ1) is 14.7. The predicted molar refractivity (Wildman–Crippen MR) is 120 cm³/mol. The number of amides is 1. The molecule has 0 saturated heterocycles. The molecule has 1 amide bonds. The van der Waals surface area contributed by atoms with Crippen molar-refractivity contribution in [3.8, 4) is 0 Å². The normalized spacial score (nSPS) is 12.3.